The fourth-order valence-electron chi connectivity index (χ4n) is 2.87. The minimum Gasteiger partial charge on any atom is -0.294 e. The lowest BCUT2D eigenvalue weighted by Gasteiger charge is -2.31. The predicted molar refractivity (Wildman–Crippen MR) is 75.1 cm³/mol. The molecule has 0 saturated carbocycles. The number of rotatable bonds is 1. The van der Waals surface area contributed by atoms with Crippen LogP contribution in [-0.2, 0) is 4.79 Å². The minimum atomic E-state index is 0.161. The molecule has 2 heteroatoms. The number of nitrogens with zero attached hydrogens (tertiary/aromatic N) is 1. The maximum absolute atomic E-state index is 11.9. The van der Waals surface area contributed by atoms with Crippen molar-refractivity contribution in [2.45, 2.75) is 6.42 Å². The Kier molecular flexibility index (Phi) is 2.06. The summed E-state index contributed by atoms with van der Waals surface area (Å²) in [4.78, 5) is 16.3. The third-order valence-corrected chi connectivity index (χ3v) is 3.69. The average Bonchev–Trinajstić information content (AvgIpc) is 2.45. The molecule has 0 bridgehead atoms. The Morgan fingerprint density at radius 1 is 0.947 bits per heavy atom. The van der Waals surface area contributed by atoms with E-state index >= 15 is 0 Å². The van der Waals surface area contributed by atoms with E-state index in [0.717, 1.165) is 11.3 Å². The topological polar surface area (TPSA) is 30.0 Å². The van der Waals surface area contributed by atoms with Gasteiger partial charge in [-0.25, -0.2) is 0 Å². The zero-order valence-corrected chi connectivity index (χ0v) is 10.3. The quantitative estimate of drug-likeness (QED) is 0.771. The predicted octanol–water partition coefficient (Wildman–Crippen LogP) is 3.36. The van der Waals surface area contributed by atoms with Crippen LogP contribution in [0.5, 0.6) is 0 Å². The van der Waals surface area contributed by atoms with Crippen molar-refractivity contribution in [2.24, 2.45) is 0 Å². The number of hydrogen-bond donors (Lipinski definition) is 0. The zero-order valence-electron chi connectivity index (χ0n) is 10.3. The van der Waals surface area contributed by atoms with E-state index in [0.29, 0.717) is 6.42 Å². The van der Waals surface area contributed by atoms with Crippen LogP contribution in [0.1, 0.15) is 23.2 Å². The number of carbonyl (C=O) groups excluding carboxylic acids is 1. The third-order valence-electron chi connectivity index (χ3n) is 3.69. The molecule has 0 unspecified atom stereocenters. The molecule has 2 aliphatic rings. The monoisotopic (exact) mass is 245 g/mol. The molecule has 2 aromatic rings. The van der Waals surface area contributed by atoms with Crippen molar-refractivity contribution >= 4 is 22.5 Å². The first-order valence-electron chi connectivity index (χ1n) is 6.34. The molecule has 2 aliphatic carbocycles. The maximum Gasteiger partial charge on any atom is 0.160 e. The summed E-state index contributed by atoms with van der Waals surface area (Å²) in [6, 6.07) is 14.0. The Hall–Kier alpha value is -2.48. The molecule has 1 aromatic heterocycles. The molecule has 0 spiro atoms. The molecule has 19 heavy (non-hydrogen) atoms. The molecule has 1 heterocycles. The van der Waals surface area contributed by atoms with Crippen molar-refractivity contribution in [3.8, 4) is 0 Å². The molecular formula is C17H11NO. The molecule has 0 fully saturated rings. The summed E-state index contributed by atoms with van der Waals surface area (Å²) < 4.78 is 0. The van der Waals surface area contributed by atoms with Gasteiger partial charge in [-0.15, -0.1) is 0 Å². The molecule has 0 saturated heterocycles. The Balaban J connectivity index is 1.90. The van der Waals surface area contributed by atoms with Gasteiger partial charge < -0.3 is 0 Å². The van der Waals surface area contributed by atoms with Crippen molar-refractivity contribution < 1.29 is 4.79 Å². The van der Waals surface area contributed by atoms with Gasteiger partial charge in [0.25, 0.3) is 0 Å². The number of aromatic nitrogens is 1. The fraction of sp³-hybridized carbons (Fsp3) is 0.0588. The summed E-state index contributed by atoms with van der Waals surface area (Å²) in [5, 5.41) is 0. The van der Waals surface area contributed by atoms with Crippen LogP contribution in [0.2, 0.25) is 0 Å². The van der Waals surface area contributed by atoms with Gasteiger partial charge in [-0.05, 0) is 40.5 Å². The zero-order chi connectivity index (χ0) is 12.8. The fourth-order valence-corrected chi connectivity index (χ4v) is 2.87. The molecule has 2 nitrogen and oxygen atoms in total. The Morgan fingerprint density at radius 3 is 2.53 bits per heavy atom. The second-order valence-electron chi connectivity index (χ2n) is 4.82. The van der Waals surface area contributed by atoms with Gasteiger partial charge in [0.1, 0.15) is 0 Å². The van der Waals surface area contributed by atoms with Crippen LogP contribution in [0.4, 0.5) is 0 Å². The van der Waals surface area contributed by atoms with Gasteiger partial charge in [0.2, 0.25) is 0 Å². The van der Waals surface area contributed by atoms with E-state index in [9.17, 15) is 4.79 Å². The molecule has 90 valence electrons. The summed E-state index contributed by atoms with van der Waals surface area (Å²) in [5.41, 5.74) is 6.66. The lowest BCUT2D eigenvalue weighted by atomic mass is 9.71. The summed E-state index contributed by atoms with van der Waals surface area (Å²) in [6.07, 6.45) is 4.01. The Bertz CT molecular complexity index is 754. The van der Waals surface area contributed by atoms with Crippen LogP contribution in [0.25, 0.3) is 16.7 Å². The highest BCUT2D eigenvalue weighted by Gasteiger charge is 2.32. The highest BCUT2D eigenvalue weighted by atomic mass is 16.1. The largest absolute Gasteiger partial charge is 0.294 e. The van der Waals surface area contributed by atoms with Crippen LogP contribution in [0.3, 0.4) is 0 Å². The van der Waals surface area contributed by atoms with E-state index in [1.165, 1.54) is 22.3 Å². The Morgan fingerprint density at radius 2 is 1.74 bits per heavy atom. The van der Waals surface area contributed by atoms with E-state index in [4.69, 9.17) is 0 Å². The van der Waals surface area contributed by atoms with E-state index < -0.39 is 0 Å². The van der Waals surface area contributed by atoms with Crippen molar-refractivity contribution in [1.82, 2.24) is 4.98 Å². The van der Waals surface area contributed by atoms with E-state index in [1.54, 1.807) is 12.3 Å². The summed E-state index contributed by atoms with van der Waals surface area (Å²) >= 11 is 0. The molecule has 0 radical (unpaired) electrons. The van der Waals surface area contributed by atoms with Gasteiger partial charge in [0, 0.05) is 18.2 Å². The molecule has 4 rings (SSSR count). The van der Waals surface area contributed by atoms with Gasteiger partial charge in [0.05, 0.1) is 5.69 Å². The number of ketones is 1. The molecule has 0 amide bonds. The second-order valence-corrected chi connectivity index (χ2v) is 4.82. The van der Waals surface area contributed by atoms with Gasteiger partial charge >= 0.3 is 0 Å². The highest BCUT2D eigenvalue weighted by Crippen LogP contribution is 2.50. The number of carbonyl (C=O) groups is 1. The van der Waals surface area contributed by atoms with Crippen molar-refractivity contribution in [3.63, 3.8) is 0 Å². The second kappa shape index (κ2) is 3.75. The van der Waals surface area contributed by atoms with E-state index in [-0.39, 0.29) is 5.78 Å². The normalized spacial score (nSPS) is 16.4. The van der Waals surface area contributed by atoms with Gasteiger partial charge in [-0.3, -0.25) is 9.78 Å². The Labute approximate surface area is 111 Å². The van der Waals surface area contributed by atoms with Crippen LogP contribution < -0.4 is 0 Å². The summed E-state index contributed by atoms with van der Waals surface area (Å²) in [7, 11) is 0. The number of fused-ring (bicyclic) bond motifs is 3. The number of allylic oxidation sites excluding steroid dienone is 4. The van der Waals surface area contributed by atoms with Crippen LogP contribution in [-0.4, -0.2) is 10.8 Å². The number of hydrogen-bond acceptors (Lipinski definition) is 2. The van der Waals surface area contributed by atoms with Gasteiger partial charge in [-0.2, -0.15) is 0 Å². The third kappa shape index (κ3) is 1.43. The molecule has 0 aliphatic heterocycles. The molecule has 0 N–H and O–H groups in total. The van der Waals surface area contributed by atoms with E-state index in [2.05, 4.69) is 17.1 Å². The maximum atomic E-state index is 11.9. The van der Waals surface area contributed by atoms with Crippen molar-refractivity contribution in [2.75, 3.05) is 0 Å². The first kappa shape index (κ1) is 10.4. The smallest absolute Gasteiger partial charge is 0.160 e. The first-order chi connectivity index (χ1) is 9.34. The van der Waals surface area contributed by atoms with Crippen LogP contribution in [0.15, 0.2) is 54.7 Å². The molecule has 0 atom stereocenters. The molecule has 1 aromatic carbocycles. The average molecular weight is 245 g/mol. The molecular weight excluding hydrogens is 234 g/mol. The van der Waals surface area contributed by atoms with Gasteiger partial charge in [0.15, 0.2) is 5.78 Å². The summed E-state index contributed by atoms with van der Waals surface area (Å²) in [5.74, 6) is 0.161. The van der Waals surface area contributed by atoms with Gasteiger partial charge in [-0.1, -0.05) is 30.3 Å². The van der Waals surface area contributed by atoms with Crippen molar-refractivity contribution in [1.29, 1.82) is 0 Å². The number of pyridine rings is 1. The SMILES string of the molecule is O=C1C=C(c2ccccn2)C2=C(C1)c1ccccc12. The van der Waals surface area contributed by atoms with E-state index in [1.807, 2.05) is 30.3 Å². The first-order valence-corrected chi connectivity index (χ1v) is 6.34. The standard InChI is InChI=1S/C17H11NO/c19-11-9-14-12-5-1-2-6-13(12)17(14)15(10-11)16-7-3-4-8-18-16/h1-8,10H,9H2. The minimum absolute atomic E-state index is 0.161. The van der Waals surface area contributed by atoms with Crippen LogP contribution in [0, 0.1) is 0 Å². The number of benzene rings is 1. The van der Waals surface area contributed by atoms with Crippen LogP contribution >= 0.6 is 0 Å². The highest BCUT2D eigenvalue weighted by molar-refractivity contribution is 6.30. The lowest BCUT2D eigenvalue weighted by Crippen LogP contribution is -2.16. The summed E-state index contributed by atoms with van der Waals surface area (Å²) in [6.45, 7) is 0. The lowest BCUT2D eigenvalue weighted by molar-refractivity contribution is -0.113. The van der Waals surface area contributed by atoms with Crippen molar-refractivity contribution in [3.05, 3.63) is 71.6 Å².